The molecule has 1 saturated heterocycles. The van der Waals surface area contributed by atoms with Crippen molar-refractivity contribution in [3.8, 4) is 5.75 Å². The molecular weight excluding hydrogens is 312 g/mol. The van der Waals surface area contributed by atoms with E-state index in [9.17, 15) is 5.11 Å². The van der Waals surface area contributed by atoms with Gasteiger partial charge in [-0.25, -0.2) is 0 Å². The second kappa shape index (κ2) is 7.56. The molecule has 2 unspecified atom stereocenters. The fraction of sp³-hybridized carbons (Fsp3) is 0.429. The number of hydrogen-bond donors (Lipinski definition) is 2. The van der Waals surface area contributed by atoms with E-state index in [1.54, 1.807) is 0 Å². The van der Waals surface area contributed by atoms with Gasteiger partial charge in [0.1, 0.15) is 5.75 Å². The van der Waals surface area contributed by atoms with Gasteiger partial charge in [-0.05, 0) is 29.2 Å². The molecule has 2 aromatic carbocycles. The predicted molar refractivity (Wildman–Crippen MR) is 98.6 cm³/mol. The van der Waals surface area contributed by atoms with Crippen LogP contribution in [0.25, 0.3) is 0 Å². The Morgan fingerprint density at radius 1 is 1.12 bits per heavy atom. The molecule has 0 spiro atoms. The van der Waals surface area contributed by atoms with Crippen LogP contribution in [-0.2, 0) is 19.5 Å². The van der Waals surface area contributed by atoms with E-state index in [0.717, 1.165) is 51.4 Å². The summed E-state index contributed by atoms with van der Waals surface area (Å²) < 4.78 is 5.57. The monoisotopic (exact) mass is 338 g/mol. The molecule has 2 N–H and O–H groups in total. The number of ether oxygens (including phenoxy) is 1. The van der Waals surface area contributed by atoms with E-state index in [4.69, 9.17) is 4.74 Å². The van der Waals surface area contributed by atoms with Crippen molar-refractivity contribution in [1.29, 1.82) is 0 Å². The summed E-state index contributed by atoms with van der Waals surface area (Å²) in [5.74, 6) is 1.04. The number of aliphatic hydroxyl groups excluding tert-OH is 1. The third-order valence-corrected chi connectivity index (χ3v) is 5.20. The minimum absolute atomic E-state index is 0.215. The normalized spacial score (nSPS) is 22.8. The lowest BCUT2D eigenvalue weighted by molar-refractivity contribution is 0.172. The first-order valence-electron chi connectivity index (χ1n) is 9.19. The van der Waals surface area contributed by atoms with Crippen molar-refractivity contribution in [2.75, 3.05) is 19.7 Å². The fourth-order valence-electron chi connectivity index (χ4n) is 3.91. The number of hydrogen-bond acceptors (Lipinski definition) is 4. The van der Waals surface area contributed by atoms with Crippen molar-refractivity contribution < 1.29 is 9.84 Å². The van der Waals surface area contributed by atoms with Gasteiger partial charge in [-0.3, -0.25) is 4.90 Å². The third kappa shape index (κ3) is 4.03. The summed E-state index contributed by atoms with van der Waals surface area (Å²) in [6.07, 6.45) is 1.65. The van der Waals surface area contributed by atoms with Crippen LogP contribution in [0.5, 0.6) is 5.75 Å². The van der Waals surface area contributed by atoms with Crippen LogP contribution < -0.4 is 10.1 Å². The molecule has 2 atom stereocenters. The smallest absolute Gasteiger partial charge is 0.122 e. The SMILES string of the molecule is OC1CC(CNCc2ccc3c(c2)CCO3)N(Cc2ccccc2)C1. The molecule has 2 aliphatic rings. The summed E-state index contributed by atoms with van der Waals surface area (Å²) in [7, 11) is 0. The van der Waals surface area contributed by atoms with Crippen LogP contribution in [0.15, 0.2) is 48.5 Å². The zero-order valence-corrected chi connectivity index (χ0v) is 14.5. The van der Waals surface area contributed by atoms with E-state index in [1.165, 1.54) is 16.7 Å². The van der Waals surface area contributed by atoms with Crippen LogP contribution >= 0.6 is 0 Å². The van der Waals surface area contributed by atoms with Crippen molar-refractivity contribution in [1.82, 2.24) is 10.2 Å². The van der Waals surface area contributed by atoms with Gasteiger partial charge in [0, 0.05) is 38.6 Å². The molecule has 1 fully saturated rings. The van der Waals surface area contributed by atoms with Crippen LogP contribution in [0, 0.1) is 0 Å². The van der Waals surface area contributed by atoms with Gasteiger partial charge in [0.15, 0.2) is 0 Å². The highest BCUT2D eigenvalue weighted by Crippen LogP contribution is 2.26. The Balaban J connectivity index is 1.31. The van der Waals surface area contributed by atoms with Gasteiger partial charge in [-0.1, -0.05) is 42.5 Å². The Labute approximate surface area is 149 Å². The second-order valence-corrected chi connectivity index (χ2v) is 7.13. The first kappa shape index (κ1) is 16.6. The van der Waals surface area contributed by atoms with Crippen molar-refractivity contribution in [2.24, 2.45) is 0 Å². The number of likely N-dealkylation sites (tertiary alicyclic amines) is 1. The highest BCUT2D eigenvalue weighted by Gasteiger charge is 2.30. The summed E-state index contributed by atoms with van der Waals surface area (Å²) in [6, 6.07) is 17.4. The van der Waals surface area contributed by atoms with E-state index >= 15 is 0 Å². The molecule has 2 aliphatic heterocycles. The average Bonchev–Trinajstić information content (AvgIpc) is 3.22. The van der Waals surface area contributed by atoms with E-state index < -0.39 is 0 Å². The van der Waals surface area contributed by atoms with Gasteiger partial charge in [0.2, 0.25) is 0 Å². The summed E-state index contributed by atoms with van der Waals surface area (Å²) in [5, 5.41) is 13.7. The third-order valence-electron chi connectivity index (χ3n) is 5.20. The Kier molecular flexibility index (Phi) is 5.02. The van der Waals surface area contributed by atoms with Crippen LogP contribution in [0.2, 0.25) is 0 Å². The number of fused-ring (bicyclic) bond motifs is 1. The number of rotatable bonds is 6. The number of benzene rings is 2. The first-order valence-corrected chi connectivity index (χ1v) is 9.19. The molecule has 4 rings (SSSR count). The van der Waals surface area contributed by atoms with Crippen molar-refractivity contribution in [3.63, 3.8) is 0 Å². The van der Waals surface area contributed by atoms with Gasteiger partial charge in [0.05, 0.1) is 12.7 Å². The topological polar surface area (TPSA) is 44.7 Å². The van der Waals surface area contributed by atoms with E-state index in [-0.39, 0.29) is 6.10 Å². The Morgan fingerprint density at radius 3 is 2.88 bits per heavy atom. The molecule has 0 radical (unpaired) electrons. The highest BCUT2D eigenvalue weighted by molar-refractivity contribution is 5.39. The van der Waals surface area contributed by atoms with E-state index in [1.807, 2.05) is 6.07 Å². The zero-order valence-electron chi connectivity index (χ0n) is 14.5. The number of aliphatic hydroxyl groups is 1. The van der Waals surface area contributed by atoms with Gasteiger partial charge in [0.25, 0.3) is 0 Å². The second-order valence-electron chi connectivity index (χ2n) is 7.13. The Bertz CT molecular complexity index is 704. The van der Waals surface area contributed by atoms with Gasteiger partial charge >= 0.3 is 0 Å². The van der Waals surface area contributed by atoms with Crippen LogP contribution in [0.4, 0.5) is 0 Å². The molecule has 0 amide bonds. The van der Waals surface area contributed by atoms with E-state index in [2.05, 4.69) is 52.7 Å². The molecule has 132 valence electrons. The molecular formula is C21H26N2O2. The van der Waals surface area contributed by atoms with Crippen molar-refractivity contribution in [3.05, 3.63) is 65.2 Å². The standard InChI is InChI=1S/C21H26N2O2/c24-20-11-19(23(15-20)14-16-4-2-1-3-5-16)13-22-12-17-6-7-21-18(10-17)8-9-25-21/h1-7,10,19-20,22,24H,8-9,11-15H2. The molecule has 2 aromatic rings. The highest BCUT2D eigenvalue weighted by atomic mass is 16.5. The van der Waals surface area contributed by atoms with Crippen molar-refractivity contribution >= 4 is 0 Å². The van der Waals surface area contributed by atoms with Gasteiger partial charge in [-0.15, -0.1) is 0 Å². The number of nitrogens with one attached hydrogen (secondary N) is 1. The van der Waals surface area contributed by atoms with Gasteiger partial charge < -0.3 is 15.2 Å². The summed E-state index contributed by atoms with van der Waals surface area (Å²) in [5.41, 5.74) is 3.93. The zero-order chi connectivity index (χ0) is 17.1. The maximum atomic E-state index is 10.1. The summed E-state index contributed by atoms with van der Waals surface area (Å²) in [4.78, 5) is 2.39. The fourth-order valence-corrected chi connectivity index (χ4v) is 3.91. The molecule has 25 heavy (non-hydrogen) atoms. The molecule has 4 heteroatoms. The minimum Gasteiger partial charge on any atom is -0.493 e. The van der Waals surface area contributed by atoms with Crippen LogP contribution in [-0.4, -0.2) is 41.8 Å². The quantitative estimate of drug-likeness (QED) is 0.849. The molecule has 0 aromatic heterocycles. The molecule has 4 nitrogen and oxygen atoms in total. The lowest BCUT2D eigenvalue weighted by Gasteiger charge is -2.24. The maximum absolute atomic E-state index is 10.1. The number of β-amino-alcohol motifs (C(OH)–C–C–N with tert-alkyl or cyclic N) is 1. The molecule has 0 aliphatic carbocycles. The average molecular weight is 338 g/mol. The first-order chi connectivity index (χ1) is 12.3. The van der Waals surface area contributed by atoms with Gasteiger partial charge in [-0.2, -0.15) is 0 Å². The predicted octanol–water partition coefficient (Wildman–Crippen LogP) is 2.35. The summed E-state index contributed by atoms with van der Waals surface area (Å²) >= 11 is 0. The molecule has 0 saturated carbocycles. The Morgan fingerprint density at radius 2 is 2.00 bits per heavy atom. The summed E-state index contributed by atoms with van der Waals surface area (Å²) in [6.45, 7) is 4.23. The maximum Gasteiger partial charge on any atom is 0.122 e. The van der Waals surface area contributed by atoms with Crippen molar-refractivity contribution in [2.45, 2.75) is 38.1 Å². The lowest BCUT2D eigenvalue weighted by atomic mass is 10.1. The largest absolute Gasteiger partial charge is 0.493 e. The molecule has 2 heterocycles. The van der Waals surface area contributed by atoms with Crippen LogP contribution in [0.3, 0.4) is 0 Å². The minimum atomic E-state index is -0.215. The van der Waals surface area contributed by atoms with Crippen LogP contribution in [0.1, 0.15) is 23.1 Å². The molecule has 0 bridgehead atoms. The number of nitrogens with zero attached hydrogens (tertiary/aromatic N) is 1. The van der Waals surface area contributed by atoms with E-state index in [0.29, 0.717) is 6.04 Å². The Hall–Kier alpha value is -1.88. The lowest BCUT2D eigenvalue weighted by Crippen LogP contribution is -2.37.